The Bertz CT molecular complexity index is 358. The molecule has 0 radical (unpaired) electrons. The van der Waals surface area contributed by atoms with Crippen LogP contribution in [0.15, 0.2) is 18.2 Å². The molecular formula is C10H12N2O2. The van der Waals surface area contributed by atoms with E-state index in [2.05, 4.69) is 11.4 Å². The van der Waals surface area contributed by atoms with Crippen LogP contribution in [0.2, 0.25) is 0 Å². The first-order chi connectivity index (χ1) is 6.69. The van der Waals surface area contributed by atoms with Gasteiger partial charge in [-0.1, -0.05) is 13.0 Å². The second kappa shape index (κ2) is 4.49. The summed E-state index contributed by atoms with van der Waals surface area (Å²) < 4.78 is 0. The molecule has 74 valence electrons. The Morgan fingerprint density at radius 3 is 2.64 bits per heavy atom. The van der Waals surface area contributed by atoms with Crippen LogP contribution >= 0.6 is 0 Å². The molecule has 0 aliphatic carbocycles. The number of phenols is 2. The Kier molecular flexibility index (Phi) is 3.32. The second-order valence-corrected chi connectivity index (χ2v) is 2.87. The van der Waals surface area contributed by atoms with E-state index >= 15 is 0 Å². The van der Waals surface area contributed by atoms with Crippen molar-refractivity contribution in [2.45, 2.75) is 13.0 Å². The minimum atomic E-state index is -0.452. The van der Waals surface area contributed by atoms with E-state index in [9.17, 15) is 5.11 Å². The lowest BCUT2D eigenvalue weighted by molar-refractivity contribution is 0.402. The number of hydrogen-bond acceptors (Lipinski definition) is 4. The Balaban J connectivity index is 2.95. The summed E-state index contributed by atoms with van der Waals surface area (Å²) in [6.45, 7) is 2.56. The minimum Gasteiger partial charge on any atom is -0.504 e. The van der Waals surface area contributed by atoms with E-state index in [-0.39, 0.29) is 11.5 Å². The van der Waals surface area contributed by atoms with E-state index in [1.807, 2.05) is 6.92 Å². The second-order valence-electron chi connectivity index (χ2n) is 2.87. The van der Waals surface area contributed by atoms with Gasteiger partial charge in [0.15, 0.2) is 11.5 Å². The van der Waals surface area contributed by atoms with Gasteiger partial charge in [-0.2, -0.15) is 5.26 Å². The van der Waals surface area contributed by atoms with Gasteiger partial charge in [0.25, 0.3) is 0 Å². The summed E-state index contributed by atoms with van der Waals surface area (Å²) in [6, 6.07) is 5.96. The normalized spacial score (nSPS) is 12.0. The highest BCUT2D eigenvalue weighted by Gasteiger charge is 2.10. The fraction of sp³-hybridized carbons (Fsp3) is 0.300. The molecule has 14 heavy (non-hydrogen) atoms. The van der Waals surface area contributed by atoms with E-state index in [1.54, 1.807) is 6.07 Å². The molecule has 0 saturated carbocycles. The molecule has 1 unspecified atom stereocenters. The summed E-state index contributed by atoms with van der Waals surface area (Å²) in [6.07, 6.45) is 0. The lowest BCUT2D eigenvalue weighted by Crippen LogP contribution is -2.18. The van der Waals surface area contributed by atoms with Crippen LogP contribution < -0.4 is 5.32 Å². The van der Waals surface area contributed by atoms with E-state index in [0.29, 0.717) is 12.1 Å². The van der Waals surface area contributed by atoms with Gasteiger partial charge in [-0.15, -0.1) is 0 Å². The molecule has 0 fully saturated rings. The van der Waals surface area contributed by atoms with Gasteiger partial charge in [-0.3, -0.25) is 5.32 Å². The summed E-state index contributed by atoms with van der Waals surface area (Å²) >= 11 is 0. The lowest BCUT2D eigenvalue weighted by atomic mass is 10.1. The summed E-state index contributed by atoms with van der Waals surface area (Å²) in [5.74, 6) is -0.386. The maximum absolute atomic E-state index is 9.23. The SMILES string of the molecule is CCNC(C#N)c1ccc(O)c(O)c1. The number of phenolic OH excluding ortho intramolecular Hbond substituents is 2. The topological polar surface area (TPSA) is 76.3 Å². The average Bonchev–Trinajstić information content (AvgIpc) is 2.19. The van der Waals surface area contributed by atoms with Crippen molar-refractivity contribution in [3.8, 4) is 17.6 Å². The van der Waals surface area contributed by atoms with Crippen LogP contribution in [0.5, 0.6) is 11.5 Å². The quantitative estimate of drug-likeness (QED) is 0.630. The largest absolute Gasteiger partial charge is 0.504 e. The number of hydrogen-bond donors (Lipinski definition) is 3. The van der Waals surface area contributed by atoms with Crippen molar-refractivity contribution < 1.29 is 10.2 Å². The van der Waals surface area contributed by atoms with Crippen LogP contribution in [0.1, 0.15) is 18.5 Å². The van der Waals surface area contributed by atoms with Crippen molar-refractivity contribution in [3.63, 3.8) is 0 Å². The Labute approximate surface area is 82.4 Å². The zero-order valence-electron chi connectivity index (χ0n) is 7.86. The van der Waals surface area contributed by atoms with Crippen molar-refractivity contribution in [3.05, 3.63) is 23.8 Å². The molecule has 0 aromatic heterocycles. The first kappa shape index (κ1) is 10.4. The minimum absolute atomic E-state index is 0.179. The maximum Gasteiger partial charge on any atom is 0.157 e. The van der Waals surface area contributed by atoms with Crippen LogP contribution in [-0.4, -0.2) is 16.8 Å². The monoisotopic (exact) mass is 192 g/mol. The Morgan fingerprint density at radius 2 is 2.14 bits per heavy atom. The molecule has 0 spiro atoms. The molecule has 0 aliphatic heterocycles. The average molecular weight is 192 g/mol. The number of nitrogens with zero attached hydrogens (tertiary/aromatic N) is 1. The van der Waals surface area contributed by atoms with Gasteiger partial charge in [0.05, 0.1) is 6.07 Å². The van der Waals surface area contributed by atoms with Gasteiger partial charge in [0, 0.05) is 0 Å². The van der Waals surface area contributed by atoms with E-state index < -0.39 is 6.04 Å². The molecule has 0 heterocycles. The van der Waals surface area contributed by atoms with Crippen LogP contribution in [0.4, 0.5) is 0 Å². The highest BCUT2D eigenvalue weighted by molar-refractivity contribution is 5.42. The van der Waals surface area contributed by atoms with Crippen molar-refractivity contribution in [2.75, 3.05) is 6.54 Å². The molecule has 0 aliphatic rings. The molecular weight excluding hydrogens is 180 g/mol. The number of nitrogens with one attached hydrogen (secondary N) is 1. The smallest absolute Gasteiger partial charge is 0.157 e. The van der Waals surface area contributed by atoms with Crippen LogP contribution in [0.25, 0.3) is 0 Å². The summed E-state index contributed by atoms with van der Waals surface area (Å²) in [7, 11) is 0. The number of nitriles is 1. The molecule has 1 atom stereocenters. The van der Waals surface area contributed by atoms with Gasteiger partial charge < -0.3 is 10.2 Å². The predicted octanol–water partition coefficient (Wildman–Crippen LogP) is 1.27. The number of benzene rings is 1. The third-order valence-corrected chi connectivity index (χ3v) is 1.87. The lowest BCUT2D eigenvalue weighted by Gasteiger charge is -2.10. The maximum atomic E-state index is 9.23. The molecule has 3 N–H and O–H groups in total. The van der Waals surface area contributed by atoms with E-state index in [0.717, 1.165) is 0 Å². The molecule has 1 aromatic carbocycles. The zero-order chi connectivity index (χ0) is 10.6. The summed E-state index contributed by atoms with van der Waals surface area (Å²) in [4.78, 5) is 0. The predicted molar refractivity (Wildman–Crippen MR) is 51.8 cm³/mol. The fourth-order valence-corrected chi connectivity index (χ4v) is 1.16. The van der Waals surface area contributed by atoms with Gasteiger partial charge in [-0.25, -0.2) is 0 Å². The molecule has 1 rings (SSSR count). The molecule has 1 aromatic rings. The van der Waals surface area contributed by atoms with Crippen molar-refractivity contribution in [1.29, 1.82) is 5.26 Å². The van der Waals surface area contributed by atoms with Gasteiger partial charge in [-0.05, 0) is 24.2 Å². The summed E-state index contributed by atoms with van der Waals surface area (Å²) in [5.41, 5.74) is 0.643. The van der Waals surface area contributed by atoms with E-state index in [1.165, 1.54) is 12.1 Å². The van der Waals surface area contributed by atoms with Crippen molar-refractivity contribution in [2.24, 2.45) is 0 Å². The van der Waals surface area contributed by atoms with Gasteiger partial charge >= 0.3 is 0 Å². The first-order valence-corrected chi connectivity index (χ1v) is 4.34. The van der Waals surface area contributed by atoms with Gasteiger partial charge in [0.1, 0.15) is 6.04 Å². The Morgan fingerprint density at radius 1 is 1.43 bits per heavy atom. The van der Waals surface area contributed by atoms with Gasteiger partial charge in [0.2, 0.25) is 0 Å². The van der Waals surface area contributed by atoms with Crippen molar-refractivity contribution >= 4 is 0 Å². The molecule has 4 heteroatoms. The molecule has 0 bridgehead atoms. The number of aromatic hydroxyl groups is 2. The molecule has 0 saturated heterocycles. The van der Waals surface area contributed by atoms with Crippen LogP contribution in [0.3, 0.4) is 0 Å². The standard InChI is InChI=1S/C10H12N2O2/c1-2-12-8(6-11)7-3-4-9(13)10(14)5-7/h3-5,8,12-14H,2H2,1H3. The third-order valence-electron chi connectivity index (χ3n) is 1.87. The van der Waals surface area contributed by atoms with Crippen LogP contribution in [-0.2, 0) is 0 Å². The Hall–Kier alpha value is -1.73. The number of rotatable bonds is 3. The highest BCUT2D eigenvalue weighted by atomic mass is 16.3. The first-order valence-electron chi connectivity index (χ1n) is 4.34. The molecule has 4 nitrogen and oxygen atoms in total. The zero-order valence-corrected chi connectivity index (χ0v) is 7.86. The van der Waals surface area contributed by atoms with E-state index in [4.69, 9.17) is 10.4 Å². The summed E-state index contributed by atoms with van der Waals surface area (Å²) in [5, 5.41) is 30.1. The third kappa shape index (κ3) is 2.15. The molecule has 0 amide bonds. The van der Waals surface area contributed by atoms with Crippen LogP contribution in [0, 0.1) is 11.3 Å². The van der Waals surface area contributed by atoms with Crippen molar-refractivity contribution in [1.82, 2.24) is 5.32 Å². The highest BCUT2D eigenvalue weighted by Crippen LogP contribution is 2.27. The fourth-order valence-electron chi connectivity index (χ4n) is 1.16.